The minimum atomic E-state index is -0.321. The lowest BCUT2D eigenvalue weighted by Gasteiger charge is -2.24. The number of likely N-dealkylation sites (tertiary alicyclic amines) is 1. The van der Waals surface area contributed by atoms with Crippen LogP contribution in [0.15, 0.2) is 0 Å². The van der Waals surface area contributed by atoms with Gasteiger partial charge < -0.3 is 5.11 Å². The summed E-state index contributed by atoms with van der Waals surface area (Å²) in [5.74, 6) is -0.0457. The molecule has 0 saturated carbocycles. The van der Waals surface area contributed by atoms with Gasteiger partial charge in [0.2, 0.25) is 11.0 Å². The zero-order valence-corrected chi connectivity index (χ0v) is 14.2. The molecule has 1 aliphatic rings. The van der Waals surface area contributed by atoms with Crippen molar-refractivity contribution in [3.8, 4) is 0 Å². The predicted octanol–water partition coefficient (Wildman–Crippen LogP) is 2.05. The molecule has 1 fully saturated rings. The Labute approximate surface area is 135 Å². The van der Waals surface area contributed by atoms with Crippen molar-refractivity contribution < 1.29 is 9.90 Å². The summed E-state index contributed by atoms with van der Waals surface area (Å²) in [5, 5.41) is 22.1. The third-order valence-electron chi connectivity index (χ3n) is 3.92. The molecule has 2 rings (SSSR count). The van der Waals surface area contributed by atoms with E-state index in [1.165, 1.54) is 11.3 Å². The van der Waals surface area contributed by atoms with E-state index in [0.717, 1.165) is 50.1 Å². The van der Waals surface area contributed by atoms with Gasteiger partial charge in [0.25, 0.3) is 0 Å². The number of carbonyl (C=O) groups is 1. The third-order valence-corrected chi connectivity index (χ3v) is 4.81. The minimum Gasteiger partial charge on any atom is -0.393 e. The largest absolute Gasteiger partial charge is 0.393 e. The Morgan fingerprint density at radius 2 is 2.36 bits per heavy atom. The number of aliphatic hydroxyl groups excluding tert-OH is 1. The minimum absolute atomic E-state index is 0.0457. The maximum Gasteiger partial charge on any atom is 0.240 e. The summed E-state index contributed by atoms with van der Waals surface area (Å²) >= 11 is 1.46. The number of aryl methyl sites for hydroxylation is 1. The molecule has 0 radical (unpaired) electrons. The molecule has 1 saturated heterocycles. The van der Waals surface area contributed by atoms with Crippen LogP contribution in [-0.2, 0) is 11.2 Å². The second kappa shape index (κ2) is 8.55. The van der Waals surface area contributed by atoms with Crippen LogP contribution in [0, 0.1) is 0 Å². The maximum absolute atomic E-state index is 12.1. The molecule has 0 aromatic carbocycles. The zero-order valence-electron chi connectivity index (χ0n) is 13.4. The lowest BCUT2D eigenvalue weighted by Crippen LogP contribution is -2.38. The molecule has 7 heteroatoms. The van der Waals surface area contributed by atoms with Crippen LogP contribution in [0.3, 0.4) is 0 Å². The molecule has 1 aliphatic heterocycles. The molecule has 2 heterocycles. The fraction of sp³-hybridized carbons (Fsp3) is 0.800. The molecule has 6 nitrogen and oxygen atoms in total. The SMILES string of the molecule is CCCCc1nnc(NC(=O)CN2CCCC2CC(C)O)s1. The van der Waals surface area contributed by atoms with E-state index in [4.69, 9.17) is 0 Å². The van der Waals surface area contributed by atoms with Gasteiger partial charge in [-0.05, 0) is 39.2 Å². The first-order chi connectivity index (χ1) is 10.6. The van der Waals surface area contributed by atoms with Crippen LogP contribution in [0.4, 0.5) is 5.13 Å². The van der Waals surface area contributed by atoms with E-state index in [-0.39, 0.29) is 12.0 Å². The van der Waals surface area contributed by atoms with Gasteiger partial charge in [0.1, 0.15) is 5.01 Å². The molecule has 0 aliphatic carbocycles. The van der Waals surface area contributed by atoms with Crippen LogP contribution < -0.4 is 5.32 Å². The van der Waals surface area contributed by atoms with E-state index < -0.39 is 0 Å². The smallest absolute Gasteiger partial charge is 0.240 e. The summed E-state index contributed by atoms with van der Waals surface area (Å²) in [6.45, 7) is 5.23. The number of amides is 1. The van der Waals surface area contributed by atoms with Crippen molar-refractivity contribution in [1.82, 2.24) is 15.1 Å². The molecule has 0 spiro atoms. The maximum atomic E-state index is 12.1. The van der Waals surface area contributed by atoms with Crippen molar-refractivity contribution >= 4 is 22.4 Å². The van der Waals surface area contributed by atoms with Crippen LogP contribution in [0.5, 0.6) is 0 Å². The first-order valence-electron chi connectivity index (χ1n) is 8.12. The Morgan fingerprint density at radius 3 is 3.09 bits per heavy atom. The molecular weight excluding hydrogens is 300 g/mol. The highest BCUT2D eigenvalue weighted by Gasteiger charge is 2.27. The summed E-state index contributed by atoms with van der Waals surface area (Å²) < 4.78 is 0. The van der Waals surface area contributed by atoms with Gasteiger partial charge in [0.05, 0.1) is 12.6 Å². The van der Waals surface area contributed by atoms with Crippen LogP contribution in [0.25, 0.3) is 0 Å². The number of anilines is 1. The number of rotatable bonds is 8. The number of nitrogens with one attached hydrogen (secondary N) is 1. The highest BCUT2D eigenvalue weighted by Crippen LogP contribution is 2.22. The van der Waals surface area contributed by atoms with Gasteiger partial charge in [0.15, 0.2) is 0 Å². The molecular formula is C15H26N4O2S. The average molecular weight is 326 g/mol. The van der Waals surface area contributed by atoms with E-state index in [2.05, 4.69) is 27.3 Å². The van der Waals surface area contributed by atoms with Crippen molar-refractivity contribution in [2.45, 2.75) is 64.5 Å². The molecule has 0 bridgehead atoms. The van der Waals surface area contributed by atoms with Crippen LogP contribution in [-0.4, -0.2) is 51.3 Å². The van der Waals surface area contributed by atoms with Gasteiger partial charge in [-0.3, -0.25) is 15.0 Å². The lowest BCUT2D eigenvalue weighted by atomic mass is 10.1. The Hall–Kier alpha value is -1.05. The average Bonchev–Trinajstić information content (AvgIpc) is 3.06. The third kappa shape index (κ3) is 5.30. The predicted molar refractivity (Wildman–Crippen MR) is 88.0 cm³/mol. The van der Waals surface area contributed by atoms with Gasteiger partial charge in [-0.1, -0.05) is 24.7 Å². The summed E-state index contributed by atoms with van der Waals surface area (Å²) in [6, 6.07) is 0.306. The second-order valence-electron chi connectivity index (χ2n) is 6.00. The van der Waals surface area contributed by atoms with Crippen molar-refractivity contribution in [3.63, 3.8) is 0 Å². The first-order valence-corrected chi connectivity index (χ1v) is 8.94. The summed E-state index contributed by atoms with van der Waals surface area (Å²) in [5.41, 5.74) is 0. The topological polar surface area (TPSA) is 78.4 Å². The Bertz CT molecular complexity index is 478. The Kier molecular flexibility index (Phi) is 6.72. The number of hydrogen-bond donors (Lipinski definition) is 2. The van der Waals surface area contributed by atoms with Crippen LogP contribution in [0.2, 0.25) is 0 Å². The highest BCUT2D eigenvalue weighted by molar-refractivity contribution is 7.15. The number of hydrogen-bond acceptors (Lipinski definition) is 6. The molecule has 2 unspecified atom stereocenters. The normalized spacial score (nSPS) is 20.2. The van der Waals surface area contributed by atoms with Gasteiger partial charge in [-0.25, -0.2) is 0 Å². The van der Waals surface area contributed by atoms with E-state index in [9.17, 15) is 9.90 Å². The van der Waals surface area contributed by atoms with E-state index in [0.29, 0.717) is 17.7 Å². The van der Waals surface area contributed by atoms with Gasteiger partial charge in [0, 0.05) is 12.5 Å². The molecule has 1 amide bonds. The van der Waals surface area contributed by atoms with Gasteiger partial charge in [-0.2, -0.15) is 0 Å². The monoisotopic (exact) mass is 326 g/mol. The fourth-order valence-electron chi connectivity index (χ4n) is 2.84. The Morgan fingerprint density at radius 1 is 1.55 bits per heavy atom. The number of carbonyl (C=O) groups excluding carboxylic acids is 1. The highest BCUT2D eigenvalue weighted by atomic mass is 32.1. The summed E-state index contributed by atoms with van der Waals surface area (Å²) in [4.78, 5) is 14.3. The van der Waals surface area contributed by atoms with E-state index in [1.807, 2.05) is 0 Å². The molecule has 2 N–H and O–H groups in total. The first kappa shape index (κ1) is 17.3. The number of unbranched alkanes of at least 4 members (excludes halogenated alkanes) is 1. The number of aromatic nitrogens is 2. The number of aliphatic hydroxyl groups is 1. The molecule has 2 atom stereocenters. The van der Waals surface area contributed by atoms with Gasteiger partial charge >= 0.3 is 0 Å². The van der Waals surface area contributed by atoms with Crippen molar-refractivity contribution in [1.29, 1.82) is 0 Å². The lowest BCUT2D eigenvalue weighted by molar-refractivity contribution is -0.117. The summed E-state index contributed by atoms with van der Waals surface area (Å²) in [7, 11) is 0. The standard InChI is InChI=1S/C15H26N4O2S/c1-3-4-7-14-17-18-15(22-14)16-13(21)10-19-8-5-6-12(19)9-11(2)20/h11-12,20H,3-10H2,1-2H3,(H,16,18,21). The Balaban J connectivity index is 1.80. The van der Waals surface area contributed by atoms with Gasteiger partial charge in [-0.15, -0.1) is 10.2 Å². The van der Waals surface area contributed by atoms with E-state index >= 15 is 0 Å². The summed E-state index contributed by atoms with van der Waals surface area (Å²) in [6.07, 6.45) is 5.69. The quantitative estimate of drug-likeness (QED) is 0.764. The molecule has 124 valence electrons. The number of nitrogens with zero attached hydrogens (tertiary/aromatic N) is 3. The second-order valence-corrected chi connectivity index (χ2v) is 7.07. The zero-order chi connectivity index (χ0) is 15.9. The molecule has 1 aromatic heterocycles. The van der Waals surface area contributed by atoms with Crippen LogP contribution >= 0.6 is 11.3 Å². The van der Waals surface area contributed by atoms with Crippen molar-refractivity contribution in [2.75, 3.05) is 18.4 Å². The van der Waals surface area contributed by atoms with Crippen molar-refractivity contribution in [3.05, 3.63) is 5.01 Å². The van der Waals surface area contributed by atoms with E-state index in [1.54, 1.807) is 6.92 Å². The van der Waals surface area contributed by atoms with Crippen LogP contribution in [0.1, 0.15) is 51.0 Å². The fourth-order valence-corrected chi connectivity index (χ4v) is 3.64. The molecule has 22 heavy (non-hydrogen) atoms. The van der Waals surface area contributed by atoms with Crippen molar-refractivity contribution in [2.24, 2.45) is 0 Å². The molecule has 1 aromatic rings.